The van der Waals surface area contributed by atoms with E-state index in [1.165, 1.54) is 23.2 Å². The van der Waals surface area contributed by atoms with Crippen molar-refractivity contribution in [1.29, 1.82) is 0 Å². The molecule has 1 aromatic carbocycles. The highest BCUT2D eigenvalue weighted by atomic mass is 32.1. The Kier molecular flexibility index (Phi) is 4.16. The van der Waals surface area contributed by atoms with Crippen molar-refractivity contribution in [2.75, 3.05) is 18.1 Å². The number of rotatable bonds is 1. The van der Waals surface area contributed by atoms with E-state index in [1.54, 1.807) is 6.26 Å². The third kappa shape index (κ3) is 2.41. The lowest BCUT2D eigenvalue weighted by Gasteiger charge is -2.01. The minimum absolute atomic E-state index is 1.11. The quantitative estimate of drug-likeness (QED) is 0.657. The second kappa shape index (κ2) is 5.18. The molecule has 0 saturated heterocycles. The molecule has 13 heavy (non-hydrogen) atoms. The van der Waals surface area contributed by atoms with E-state index in [0.29, 0.717) is 0 Å². The van der Waals surface area contributed by atoms with Crippen LogP contribution in [0.1, 0.15) is 18.1 Å². The molecule has 0 aliphatic carbocycles. The zero-order chi connectivity index (χ0) is 9.68. The fourth-order valence-corrected chi connectivity index (χ4v) is 1.56. The Hall–Kier alpha value is -0.630. The molecule has 0 saturated carbocycles. The summed E-state index contributed by atoms with van der Waals surface area (Å²) in [6.07, 6.45) is 4.02. The number of benzene rings is 1. The lowest BCUT2D eigenvalue weighted by atomic mass is 10.1. The number of aryl methyl sites for hydroxylation is 1. The molecule has 0 fully saturated rings. The van der Waals surface area contributed by atoms with Crippen LogP contribution < -0.4 is 5.32 Å². The molecule has 2 rings (SSSR count). The van der Waals surface area contributed by atoms with Crippen molar-refractivity contribution in [2.24, 2.45) is 0 Å². The molecule has 1 aromatic rings. The molecule has 1 aliphatic heterocycles. The van der Waals surface area contributed by atoms with Gasteiger partial charge < -0.3 is 5.32 Å². The number of fused-ring (bicyclic) bond motifs is 1. The largest absolute Gasteiger partial charge is 0.384 e. The molecule has 0 unspecified atom stereocenters. The summed E-state index contributed by atoms with van der Waals surface area (Å²) in [5.74, 6) is 0. The smallest absolute Gasteiger partial charge is 0.0376 e. The van der Waals surface area contributed by atoms with E-state index in [2.05, 4.69) is 43.1 Å². The highest BCUT2D eigenvalue weighted by molar-refractivity contribution is 7.79. The third-order valence-corrected chi connectivity index (χ3v) is 2.29. The molecule has 72 valence electrons. The molecular weight excluding hydrogens is 178 g/mol. The van der Waals surface area contributed by atoms with Crippen LogP contribution in [0.5, 0.6) is 0 Å². The Morgan fingerprint density at radius 2 is 2.15 bits per heavy atom. The lowest BCUT2D eigenvalue weighted by molar-refractivity contribution is 1.10. The molecule has 0 amide bonds. The Morgan fingerprint density at radius 3 is 2.85 bits per heavy atom. The highest BCUT2D eigenvalue weighted by Crippen LogP contribution is 2.23. The van der Waals surface area contributed by atoms with Gasteiger partial charge in [-0.2, -0.15) is 12.6 Å². The van der Waals surface area contributed by atoms with Gasteiger partial charge in [-0.05, 0) is 36.3 Å². The monoisotopic (exact) mass is 195 g/mol. The minimum Gasteiger partial charge on any atom is -0.384 e. The Morgan fingerprint density at radius 1 is 1.38 bits per heavy atom. The van der Waals surface area contributed by atoms with Crippen molar-refractivity contribution in [2.45, 2.75) is 19.8 Å². The van der Waals surface area contributed by atoms with Crippen LogP contribution in [0.4, 0.5) is 5.69 Å². The van der Waals surface area contributed by atoms with Gasteiger partial charge in [0.05, 0.1) is 0 Å². The number of hydrogen-bond acceptors (Lipinski definition) is 2. The van der Waals surface area contributed by atoms with E-state index < -0.39 is 0 Å². The summed E-state index contributed by atoms with van der Waals surface area (Å²) in [6.45, 7) is 3.30. The number of anilines is 1. The summed E-state index contributed by atoms with van der Waals surface area (Å²) in [4.78, 5) is 0. The van der Waals surface area contributed by atoms with Gasteiger partial charge in [0, 0.05) is 12.2 Å². The predicted molar refractivity (Wildman–Crippen MR) is 62.9 cm³/mol. The van der Waals surface area contributed by atoms with Gasteiger partial charge in [-0.1, -0.05) is 19.1 Å². The molecule has 1 nitrogen and oxygen atoms in total. The highest BCUT2D eigenvalue weighted by Gasteiger charge is 2.08. The number of hydrogen-bond donors (Lipinski definition) is 2. The van der Waals surface area contributed by atoms with Crippen molar-refractivity contribution in [1.82, 2.24) is 0 Å². The van der Waals surface area contributed by atoms with Crippen molar-refractivity contribution < 1.29 is 0 Å². The number of nitrogens with one attached hydrogen (secondary N) is 1. The predicted octanol–water partition coefficient (Wildman–Crippen LogP) is 2.76. The third-order valence-electron chi connectivity index (χ3n) is 2.29. The van der Waals surface area contributed by atoms with Crippen LogP contribution in [0.25, 0.3) is 0 Å². The molecule has 1 N–H and O–H groups in total. The second-order valence-electron chi connectivity index (χ2n) is 3.02. The van der Waals surface area contributed by atoms with Crippen molar-refractivity contribution >= 4 is 18.3 Å². The van der Waals surface area contributed by atoms with Gasteiger partial charge >= 0.3 is 0 Å². The van der Waals surface area contributed by atoms with E-state index in [9.17, 15) is 0 Å². The maximum atomic E-state index is 3.53. The molecule has 0 aromatic heterocycles. The van der Waals surface area contributed by atoms with Crippen LogP contribution in [-0.2, 0) is 12.8 Å². The summed E-state index contributed by atoms with van der Waals surface area (Å²) in [5, 5.41) is 3.37. The summed E-state index contributed by atoms with van der Waals surface area (Å²) in [6, 6.07) is 6.74. The summed E-state index contributed by atoms with van der Waals surface area (Å²) < 4.78 is 0. The first kappa shape index (κ1) is 10.5. The van der Waals surface area contributed by atoms with E-state index >= 15 is 0 Å². The number of thiol groups is 1. The summed E-state index contributed by atoms with van der Waals surface area (Å²) in [5.41, 5.74) is 4.25. The van der Waals surface area contributed by atoms with Crippen LogP contribution in [-0.4, -0.2) is 12.8 Å². The summed E-state index contributed by atoms with van der Waals surface area (Å²) >= 11 is 3.53. The average Bonchev–Trinajstić information content (AvgIpc) is 2.67. The van der Waals surface area contributed by atoms with Gasteiger partial charge in [0.1, 0.15) is 0 Å². The average molecular weight is 195 g/mol. The summed E-state index contributed by atoms with van der Waals surface area (Å²) in [7, 11) is 0. The van der Waals surface area contributed by atoms with Gasteiger partial charge in [0.2, 0.25) is 0 Å². The first-order valence-electron chi connectivity index (χ1n) is 4.70. The van der Waals surface area contributed by atoms with Crippen molar-refractivity contribution in [3.8, 4) is 0 Å². The Balaban J connectivity index is 0.000000396. The van der Waals surface area contributed by atoms with Crippen LogP contribution in [0.2, 0.25) is 0 Å². The van der Waals surface area contributed by atoms with Gasteiger partial charge in [0.25, 0.3) is 0 Å². The molecule has 2 heteroatoms. The van der Waals surface area contributed by atoms with Crippen molar-refractivity contribution in [3.05, 3.63) is 29.3 Å². The van der Waals surface area contributed by atoms with E-state index in [0.717, 1.165) is 13.0 Å². The fraction of sp³-hybridized carbons (Fsp3) is 0.455. The van der Waals surface area contributed by atoms with Gasteiger partial charge in [0.15, 0.2) is 0 Å². The SMILES string of the molecule is CCc1ccc2c(c1)NCC2.CS. The molecule has 0 bridgehead atoms. The van der Waals surface area contributed by atoms with Crippen LogP contribution in [0, 0.1) is 0 Å². The lowest BCUT2D eigenvalue weighted by Crippen LogP contribution is -1.91. The topological polar surface area (TPSA) is 12.0 Å². The van der Waals surface area contributed by atoms with Gasteiger partial charge in [-0.15, -0.1) is 0 Å². The van der Waals surface area contributed by atoms with E-state index in [4.69, 9.17) is 0 Å². The van der Waals surface area contributed by atoms with Crippen LogP contribution in [0.15, 0.2) is 18.2 Å². The normalized spacial score (nSPS) is 12.5. The second-order valence-corrected chi connectivity index (χ2v) is 3.02. The van der Waals surface area contributed by atoms with E-state index in [1.807, 2.05) is 0 Å². The first-order chi connectivity index (χ1) is 6.40. The molecule has 0 atom stereocenters. The Bertz CT molecular complexity index is 271. The fourth-order valence-electron chi connectivity index (χ4n) is 1.56. The van der Waals surface area contributed by atoms with E-state index in [-0.39, 0.29) is 0 Å². The maximum Gasteiger partial charge on any atom is 0.0376 e. The minimum atomic E-state index is 1.11. The van der Waals surface area contributed by atoms with Crippen LogP contribution in [0.3, 0.4) is 0 Å². The molecule has 0 radical (unpaired) electrons. The zero-order valence-corrected chi connectivity index (χ0v) is 9.20. The first-order valence-corrected chi connectivity index (χ1v) is 5.60. The Labute approximate surface area is 86.0 Å². The van der Waals surface area contributed by atoms with Crippen molar-refractivity contribution in [3.63, 3.8) is 0 Å². The molecule has 0 spiro atoms. The standard InChI is InChI=1S/C10H13N.CH4S/c1-2-8-3-4-9-5-6-11-10(9)7-8;1-2/h3-4,7,11H,2,5-6H2,1H3;2H,1H3. The molecule has 1 aliphatic rings. The van der Waals surface area contributed by atoms with Gasteiger partial charge in [-0.25, -0.2) is 0 Å². The molecule has 1 heterocycles. The van der Waals surface area contributed by atoms with Crippen LogP contribution >= 0.6 is 12.6 Å². The van der Waals surface area contributed by atoms with Gasteiger partial charge in [-0.3, -0.25) is 0 Å². The molecular formula is C11H17NS. The zero-order valence-electron chi connectivity index (χ0n) is 8.30. The maximum absolute atomic E-state index is 3.53.